The third-order valence-electron chi connectivity index (χ3n) is 4.23. The Morgan fingerprint density at radius 1 is 1.35 bits per heavy atom. The molecule has 2 heterocycles. The Morgan fingerprint density at radius 2 is 2.20 bits per heavy atom. The highest BCUT2D eigenvalue weighted by Gasteiger charge is 2.22. The molecule has 1 fully saturated rings. The van der Waals surface area contributed by atoms with E-state index in [1.807, 2.05) is 12.1 Å². The van der Waals surface area contributed by atoms with Crippen LogP contribution < -0.4 is 5.32 Å². The molecule has 3 nitrogen and oxygen atoms in total. The first-order chi connectivity index (χ1) is 9.79. The van der Waals surface area contributed by atoms with Gasteiger partial charge in [0, 0.05) is 36.6 Å². The van der Waals surface area contributed by atoms with Crippen molar-refractivity contribution < 1.29 is 9.15 Å². The Labute approximate surface area is 120 Å². The van der Waals surface area contributed by atoms with Crippen molar-refractivity contribution in [3.05, 3.63) is 35.6 Å². The minimum absolute atomic E-state index is 0.359. The minimum Gasteiger partial charge on any atom is -0.461 e. The van der Waals surface area contributed by atoms with Crippen LogP contribution in [0.1, 0.15) is 38.0 Å². The minimum atomic E-state index is 0.359. The van der Waals surface area contributed by atoms with E-state index >= 15 is 0 Å². The lowest BCUT2D eigenvalue weighted by Crippen LogP contribution is -2.36. The molecule has 2 unspecified atom stereocenters. The van der Waals surface area contributed by atoms with Gasteiger partial charge in [0.25, 0.3) is 0 Å². The summed E-state index contributed by atoms with van der Waals surface area (Å²) in [5.74, 6) is 1.10. The van der Waals surface area contributed by atoms with Gasteiger partial charge in [-0.1, -0.05) is 25.1 Å². The van der Waals surface area contributed by atoms with Crippen molar-refractivity contribution in [2.24, 2.45) is 0 Å². The largest absolute Gasteiger partial charge is 0.461 e. The van der Waals surface area contributed by atoms with Crippen LogP contribution in [0.2, 0.25) is 0 Å². The van der Waals surface area contributed by atoms with Crippen molar-refractivity contribution in [2.45, 2.75) is 51.8 Å². The van der Waals surface area contributed by atoms with E-state index in [4.69, 9.17) is 9.15 Å². The Hall–Kier alpha value is -1.32. The summed E-state index contributed by atoms with van der Waals surface area (Å²) in [6.45, 7) is 6.11. The van der Waals surface area contributed by atoms with Crippen LogP contribution in [0.5, 0.6) is 0 Å². The molecule has 0 saturated carbocycles. The maximum Gasteiger partial charge on any atom is 0.134 e. The van der Waals surface area contributed by atoms with E-state index in [1.165, 1.54) is 23.8 Å². The fraction of sp³-hybridized carbons (Fsp3) is 0.529. The zero-order chi connectivity index (χ0) is 13.9. The summed E-state index contributed by atoms with van der Waals surface area (Å²) in [6.07, 6.45) is 3.64. The predicted molar refractivity (Wildman–Crippen MR) is 80.9 cm³/mol. The summed E-state index contributed by atoms with van der Waals surface area (Å²) >= 11 is 0. The highest BCUT2D eigenvalue weighted by molar-refractivity contribution is 5.82. The molecule has 3 rings (SSSR count). The summed E-state index contributed by atoms with van der Waals surface area (Å²) in [6, 6.07) is 8.67. The summed E-state index contributed by atoms with van der Waals surface area (Å²) < 4.78 is 11.7. The molecule has 3 heteroatoms. The summed E-state index contributed by atoms with van der Waals surface area (Å²) in [4.78, 5) is 0. The summed E-state index contributed by atoms with van der Waals surface area (Å²) in [5.41, 5.74) is 2.29. The van der Waals surface area contributed by atoms with Crippen LogP contribution in [0.3, 0.4) is 0 Å². The van der Waals surface area contributed by atoms with Crippen LogP contribution in [-0.2, 0) is 17.7 Å². The van der Waals surface area contributed by atoms with Gasteiger partial charge in [0.05, 0.1) is 6.10 Å². The number of fused-ring (bicyclic) bond motifs is 1. The second kappa shape index (κ2) is 5.98. The highest BCUT2D eigenvalue weighted by atomic mass is 16.5. The third-order valence-corrected chi connectivity index (χ3v) is 4.23. The smallest absolute Gasteiger partial charge is 0.134 e. The summed E-state index contributed by atoms with van der Waals surface area (Å²) in [5, 5.41) is 4.84. The number of ether oxygens (including phenoxy) is 1. The molecule has 0 radical (unpaired) electrons. The standard InChI is InChI=1S/C17H23NO2/c1-3-15-14(13-7-4-5-8-17(13)20-15)11-18-12(2)16-9-6-10-19-16/h4-5,7-8,12,16,18H,3,6,9-11H2,1-2H3. The molecule has 0 spiro atoms. The van der Waals surface area contributed by atoms with E-state index in [2.05, 4.69) is 31.3 Å². The van der Waals surface area contributed by atoms with E-state index < -0.39 is 0 Å². The van der Waals surface area contributed by atoms with Crippen LogP contribution in [0, 0.1) is 0 Å². The third kappa shape index (κ3) is 2.60. The number of nitrogens with one attached hydrogen (secondary N) is 1. The van der Waals surface area contributed by atoms with Gasteiger partial charge in [-0.05, 0) is 25.8 Å². The molecule has 1 aliphatic heterocycles. The molecule has 1 aliphatic rings. The number of hydrogen-bond acceptors (Lipinski definition) is 3. The molecule has 0 aliphatic carbocycles. The SMILES string of the molecule is CCc1oc2ccccc2c1CNC(C)C1CCCO1. The van der Waals surface area contributed by atoms with E-state index in [1.54, 1.807) is 0 Å². The second-order valence-electron chi connectivity index (χ2n) is 5.57. The van der Waals surface area contributed by atoms with Gasteiger partial charge >= 0.3 is 0 Å². The number of rotatable bonds is 5. The maximum absolute atomic E-state index is 5.93. The summed E-state index contributed by atoms with van der Waals surface area (Å²) in [7, 11) is 0. The number of furan rings is 1. The normalized spacial score (nSPS) is 20.6. The molecule has 0 bridgehead atoms. The zero-order valence-electron chi connectivity index (χ0n) is 12.3. The van der Waals surface area contributed by atoms with Gasteiger partial charge in [-0.2, -0.15) is 0 Å². The molecule has 1 aromatic carbocycles. The average molecular weight is 273 g/mol. The zero-order valence-corrected chi connectivity index (χ0v) is 12.3. The molecule has 1 aromatic heterocycles. The lowest BCUT2D eigenvalue weighted by Gasteiger charge is -2.20. The Kier molecular flexibility index (Phi) is 4.08. The van der Waals surface area contributed by atoms with Crippen LogP contribution >= 0.6 is 0 Å². The van der Waals surface area contributed by atoms with Crippen LogP contribution in [0.15, 0.2) is 28.7 Å². The van der Waals surface area contributed by atoms with Crippen molar-refractivity contribution in [3.63, 3.8) is 0 Å². The topological polar surface area (TPSA) is 34.4 Å². The number of benzene rings is 1. The van der Waals surface area contributed by atoms with Gasteiger partial charge in [0.1, 0.15) is 11.3 Å². The molecule has 1 N–H and O–H groups in total. The molecule has 2 atom stereocenters. The molecule has 1 saturated heterocycles. The van der Waals surface area contributed by atoms with Crippen molar-refractivity contribution >= 4 is 11.0 Å². The molecule has 20 heavy (non-hydrogen) atoms. The van der Waals surface area contributed by atoms with Crippen molar-refractivity contribution in [2.75, 3.05) is 6.61 Å². The van der Waals surface area contributed by atoms with Gasteiger partial charge in [-0.15, -0.1) is 0 Å². The van der Waals surface area contributed by atoms with Crippen LogP contribution in [-0.4, -0.2) is 18.8 Å². The molecular formula is C17H23NO2. The number of hydrogen-bond donors (Lipinski definition) is 1. The van der Waals surface area contributed by atoms with Crippen LogP contribution in [0.4, 0.5) is 0 Å². The average Bonchev–Trinajstić information content (AvgIpc) is 3.12. The van der Waals surface area contributed by atoms with Crippen molar-refractivity contribution in [3.8, 4) is 0 Å². The van der Waals surface area contributed by atoms with Gasteiger partial charge in [-0.3, -0.25) is 0 Å². The van der Waals surface area contributed by atoms with E-state index in [9.17, 15) is 0 Å². The first-order valence-corrected chi connectivity index (χ1v) is 7.64. The van der Waals surface area contributed by atoms with Gasteiger partial charge in [0.2, 0.25) is 0 Å². The first-order valence-electron chi connectivity index (χ1n) is 7.64. The lowest BCUT2D eigenvalue weighted by molar-refractivity contribution is 0.0832. The Morgan fingerprint density at radius 3 is 2.95 bits per heavy atom. The first kappa shape index (κ1) is 13.7. The quantitative estimate of drug-likeness (QED) is 0.903. The van der Waals surface area contributed by atoms with E-state index in [0.29, 0.717) is 12.1 Å². The number of aryl methyl sites for hydroxylation is 1. The van der Waals surface area contributed by atoms with Gasteiger partial charge in [0.15, 0.2) is 0 Å². The van der Waals surface area contributed by atoms with E-state index in [-0.39, 0.29) is 0 Å². The number of para-hydroxylation sites is 1. The lowest BCUT2D eigenvalue weighted by atomic mass is 10.1. The molecule has 0 amide bonds. The van der Waals surface area contributed by atoms with Gasteiger partial charge in [-0.25, -0.2) is 0 Å². The monoisotopic (exact) mass is 273 g/mol. The van der Waals surface area contributed by atoms with Crippen LogP contribution in [0.25, 0.3) is 11.0 Å². The molecule has 108 valence electrons. The Bertz CT molecular complexity index is 569. The van der Waals surface area contributed by atoms with Gasteiger partial charge < -0.3 is 14.5 Å². The Balaban J connectivity index is 1.76. The van der Waals surface area contributed by atoms with Crippen molar-refractivity contribution in [1.29, 1.82) is 0 Å². The fourth-order valence-electron chi connectivity index (χ4n) is 3.02. The highest BCUT2D eigenvalue weighted by Crippen LogP contribution is 2.26. The predicted octanol–water partition coefficient (Wildman–Crippen LogP) is 3.65. The molecule has 2 aromatic rings. The van der Waals surface area contributed by atoms with E-state index in [0.717, 1.165) is 30.9 Å². The maximum atomic E-state index is 5.93. The fourth-order valence-corrected chi connectivity index (χ4v) is 3.02. The second-order valence-corrected chi connectivity index (χ2v) is 5.57. The van der Waals surface area contributed by atoms with Crippen molar-refractivity contribution in [1.82, 2.24) is 5.32 Å². The molecular weight excluding hydrogens is 250 g/mol.